The molecule has 1 aliphatic heterocycles. The Balaban J connectivity index is 1.86. The summed E-state index contributed by atoms with van der Waals surface area (Å²) in [5.74, 6) is 0.729. The quantitative estimate of drug-likeness (QED) is 0.728. The second-order valence-corrected chi connectivity index (χ2v) is 4.75. The summed E-state index contributed by atoms with van der Waals surface area (Å²) in [5.41, 5.74) is 0. The fourth-order valence-electron chi connectivity index (χ4n) is 2.54. The zero-order chi connectivity index (χ0) is 10.1. The molecule has 0 aromatic rings. The molecule has 1 saturated heterocycles. The molecular formula is C11H19NO2. The van der Waals surface area contributed by atoms with Crippen molar-refractivity contribution in [3.8, 4) is 0 Å². The first-order chi connectivity index (χ1) is 6.66. The van der Waals surface area contributed by atoms with Gasteiger partial charge in [-0.2, -0.15) is 0 Å². The van der Waals surface area contributed by atoms with Gasteiger partial charge in [0, 0.05) is 6.04 Å². The molecule has 3 heteroatoms. The van der Waals surface area contributed by atoms with E-state index in [9.17, 15) is 4.79 Å². The molecule has 1 N–H and O–H groups in total. The van der Waals surface area contributed by atoms with E-state index in [4.69, 9.17) is 4.74 Å². The van der Waals surface area contributed by atoms with Crippen LogP contribution in [0.1, 0.15) is 39.5 Å². The average molecular weight is 197 g/mol. The fraction of sp³-hybridized carbons (Fsp3) is 0.909. The molecule has 0 bridgehead atoms. The number of ether oxygens (including phenoxy) is 1. The van der Waals surface area contributed by atoms with Gasteiger partial charge in [-0.1, -0.05) is 6.42 Å². The van der Waals surface area contributed by atoms with E-state index in [0.29, 0.717) is 12.0 Å². The van der Waals surface area contributed by atoms with Crippen molar-refractivity contribution in [2.45, 2.75) is 57.8 Å². The summed E-state index contributed by atoms with van der Waals surface area (Å²) in [6.45, 7) is 3.96. The third kappa shape index (κ3) is 1.92. The van der Waals surface area contributed by atoms with Gasteiger partial charge in [0.15, 0.2) is 0 Å². The van der Waals surface area contributed by atoms with Gasteiger partial charge in [-0.3, -0.25) is 4.79 Å². The van der Waals surface area contributed by atoms with E-state index in [-0.39, 0.29) is 18.1 Å². The third-order valence-electron chi connectivity index (χ3n) is 3.17. The summed E-state index contributed by atoms with van der Waals surface area (Å²) in [4.78, 5) is 11.7. The van der Waals surface area contributed by atoms with Crippen molar-refractivity contribution in [3.05, 3.63) is 0 Å². The van der Waals surface area contributed by atoms with Gasteiger partial charge in [-0.15, -0.1) is 0 Å². The number of amides is 1. The maximum atomic E-state index is 11.7. The lowest BCUT2D eigenvalue weighted by atomic mass is 10.0. The van der Waals surface area contributed by atoms with Gasteiger partial charge in [-0.25, -0.2) is 0 Å². The summed E-state index contributed by atoms with van der Waals surface area (Å²) in [7, 11) is 0. The van der Waals surface area contributed by atoms with Crippen LogP contribution >= 0.6 is 0 Å². The largest absolute Gasteiger partial charge is 0.365 e. The molecule has 1 heterocycles. The minimum Gasteiger partial charge on any atom is -0.365 e. The van der Waals surface area contributed by atoms with E-state index < -0.39 is 0 Å². The Morgan fingerprint density at radius 1 is 1.43 bits per heavy atom. The van der Waals surface area contributed by atoms with Gasteiger partial charge >= 0.3 is 0 Å². The number of hydrogen-bond donors (Lipinski definition) is 1. The minimum atomic E-state index is -0.173. The highest BCUT2D eigenvalue weighted by Crippen LogP contribution is 2.38. The molecule has 0 aromatic carbocycles. The molecular weight excluding hydrogens is 178 g/mol. The first kappa shape index (κ1) is 9.97. The Morgan fingerprint density at radius 2 is 2.21 bits per heavy atom. The number of nitrogens with one attached hydrogen (secondary N) is 1. The zero-order valence-corrected chi connectivity index (χ0v) is 8.95. The van der Waals surface area contributed by atoms with E-state index in [2.05, 4.69) is 5.32 Å². The predicted molar refractivity (Wildman–Crippen MR) is 53.9 cm³/mol. The Hall–Kier alpha value is -0.570. The Labute approximate surface area is 85.2 Å². The summed E-state index contributed by atoms with van der Waals surface area (Å²) in [6, 6.07) is 0.214. The van der Waals surface area contributed by atoms with E-state index in [1.807, 2.05) is 13.8 Å². The highest BCUT2D eigenvalue weighted by Gasteiger charge is 2.41. The zero-order valence-electron chi connectivity index (χ0n) is 8.95. The van der Waals surface area contributed by atoms with E-state index in [0.717, 1.165) is 12.8 Å². The lowest BCUT2D eigenvalue weighted by Crippen LogP contribution is -2.38. The number of carbonyl (C=O) groups excluding carboxylic acids is 1. The van der Waals surface area contributed by atoms with Crippen LogP contribution in [0.4, 0.5) is 0 Å². The van der Waals surface area contributed by atoms with Crippen molar-refractivity contribution in [1.29, 1.82) is 0 Å². The molecule has 2 aliphatic rings. The minimum absolute atomic E-state index is 0.0781. The first-order valence-corrected chi connectivity index (χ1v) is 5.62. The van der Waals surface area contributed by atoms with Crippen LogP contribution in [-0.4, -0.2) is 24.2 Å². The van der Waals surface area contributed by atoms with Crippen LogP contribution in [0.2, 0.25) is 0 Å². The molecule has 2 fully saturated rings. The predicted octanol–water partition coefficient (Wildman–Crippen LogP) is 1.47. The van der Waals surface area contributed by atoms with Crippen LogP contribution in [0.3, 0.4) is 0 Å². The number of carbonyl (C=O) groups is 1. The van der Waals surface area contributed by atoms with Gasteiger partial charge in [0.25, 0.3) is 0 Å². The third-order valence-corrected chi connectivity index (χ3v) is 3.17. The molecule has 14 heavy (non-hydrogen) atoms. The van der Waals surface area contributed by atoms with Crippen molar-refractivity contribution in [3.63, 3.8) is 0 Å². The van der Waals surface area contributed by atoms with Gasteiger partial charge in [0.05, 0.1) is 6.10 Å². The number of fused-ring (bicyclic) bond motifs is 1. The van der Waals surface area contributed by atoms with E-state index >= 15 is 0 Å². The number of hydrogen-bond acceptors (Lipinski definition) is 2. The second kappa shape index (κ2) is 3.89. The Kier molecular flexibility index (Phi) is 2.77. The number of rotatable bonds is 2. The fourth-order valence-corrected chi connectivity index (χ4v) is 2.54. The van der Waals surface area contributed by atoms with Crippen LogP contribution < -0.4 is 5.32 Å². The van der Waals surface area contributed by atoms with Crippen LogP contribution in [0.5, 0.6) is 0 Å². The smallest absolute Gasteiger partial charge is 0.249 e. The maximum Gasteiger partial charge on any atom is 0.249 e. The Bertz CT molecular complexity index is 215. The topological polar surface area (TPSA) is 38.3 Å². The van der Waals surface area contributed by atoms with Crippen LogP contribution in [0.15, 0.2) is 0 Å². The van der Waals surface area contributed by atoms with Gasteiger partial charge in [-0.05, 0) is 39.0 Å². The van der Waals surface area contributed by atoms with E-state index in [1.165, 1.54) is 12.8 Å². The lowest BCUT2D eigenvalue weighted by Gasteiger charge is -2.14. The molecule has 1 saturated carbocycles. The van der Waals surface area contributed by atoms with Crippen molar-refractivity contribution < 1.29 is 9.53 Å². The summed E-state index contributed by atoms with van der Waals surface area (Å²) < 4.78 is 5.74. The monoisotopic (exact) mass is 197 g/mol. The van der Waals surface area contributed by atoms with Gasteiger partial charge in [0.1, 0.15) is 6.10 Å². The van der Waals surface area contributed by atoms with Crippen molar-refractivity contribution in [2.75, 3.05) is 0 Å². The molecule has 1 amide bonds. The average Bonchev–Trinajstić information content (AvgIpc) is 2.58. The Morgan fingerprint density at radius 3 is 2.86 bits per heavy atom. The van der Waals surface area contributed by atoms with Crippen molar-refractivity contribution in [1.82, 2.24) is 5.32 Å². The molecule has 0 aromatic heterocycles. The SMILES string of the molecule is CC(C)NC(=O)C1CC2CCCC2O1. The molecule has 3 nitrogen and oxygen atoms in total. The van der Waals surface area contributed by atoms with Gasteiger partial charge in [0.2, 0.25) is 5.91 Å². The molecule has 0 radical (unpaired) electrons. The van der Waals surface area contributed by atoms with E-state index in [1.54, 1.807) is 0 Å². The van der Waals surface area contributed by atoms with Crippen molar-refractivity contribution >= 4 is 5.91 Å². The first-order valence-electron chi connectivity index (χ1n) is 5.62. The highest BCUT2D eigenvalue weighted by atomic mass is 16.5. The van der Waals surface area contributed by atoms with Crippen LogP contribution in [0, 0.1) is 5.92 Å². The maximum absolute atomic E-state index is 11.7. The molecule has 80 valence electrons. The van der Waals surface area contributed by atoms with Gasteiger partial charge < -0.3 is 10.1 Å². The van der Waals surface area contributed by atoms with Crippen molar-refractivity contribution in [2.24, 2.45) is 5.92 Å². The normalized spacial score (nSPS) is 36.1. The summed E-state index contributed by atoms with van der Waals surface area (Å²) in [6.07, 6.45) is 4.80. The molecule has 3 unspecified atom stereocenters. The standard InChI is InChI=1S/C11H19NO2/c1-7(2)12-11(13)10-6-8-4-3-5-9(8)14-10/h7-10H,3-6H2,1-2H3,(H,12,13). The molecule has 3 atom stereocenters. The molecule has 1 aliphatic carbocycles. The second-order valence-electron chi connectivity index (χ2n) is 4.75. The van der Waals surface area contributed by atoms with Crippen LogP contribution in [-0.2, 0) is 9.53 Å². The molecule has 2 rings (SSSR count). The van der Waals surface area contributed by atoms with Crippen LogP contribution in [0.25, 0.3) is 0 Å². The highest BCUT2D eigenvalue weighted by molar-refractivity contribution is 5.81. The lowest BCUT2D eigenvalue weighted by molar-refractivity contribution is -0.132. The summed E-state index contributed by atoms with van der Waals surface area (Å²) >= 11 is 0. The molecule has 0 spiro atoms. The summed E-state index contributed by atoms with van der Waals surface area (Å²) in [5, 5.41) is 2.91.